The lowest BCUT2D eigenvalue weighted by molar-refractivity contribution is 0.265. The predicted molar refractivity (Wildman–Crippen MR) is 274 cm³/mol. The summed E-state index contributed by atoms with van der Waals surface area (Å²) in [6, 6.07) is 59.0. The maximum atomic E-state index is 6.25. The van der Waals surface area contributed by atoms with E-state index in [1.807, 2.05) is 31.2 Å². The van der Waals surface area contributed by atoms with Gasteiger partial charge in [0.25, 0.3) is 0 Å². The number of ether oxygens (including phenoxy) is 1. The van der Waals surface area contributed by atoms with Gasteiger partial charge in [0.05, 0.1) is 0 Å². The smallest absolute Gasteiger partial charge is 0.127 e. The Morgan fingerprint density at radius 1 is 0.578 bits per heavy atom. The number of anilines is 3. The molecule has 0 saturated heterocycles. The Kier molecular flexibility index (Phi) is 12.8. The Hall–Kier alpha value is -7.42. The van der Waals surface area contributed by atoms with Crippen LogP contribution >= 0.6 is 0 Å². The Morgan fingerprint density at radius 2 is 1.17 bits per heavy atom. The van der Waals surface area contributed by atoms with E-state index in [4.69, 9.17) is 4.74 Å². The summed E-state index contributed by atoms with van der Waals surface area (Å²) in [6.45, 7) is 21.8. The fourth-order valence-corrected chi connectivity index (χ4v) is 8.95. The number of hydrogen-bond donors (Lipinski definition) is 0. The van der Waals surface area contributed by atoms with Crippen LogP contribution in [0.4, 0.5) is 17.1 Å². The van der Waals surface area contributed by atoms with Gasteiger partial charge in [0.1, 0.15) is 12.4 Å². The van der Waals surface area contributed by atoms with E-state index in [2.05, 4.69) is 223 Å². The quantitative estimate of drug-likeness (QED) is 0.151. The van der Waals surface area contributed by atoms with E-state index in [0.29, 0.717) is 6.61 Å². The average Bonchev–Trinajstić information content (AvgIpc) is 3.58. The molecule has 0 saturated carbocycles. The van der Waals surface area contributed by atoms with Crippen LogP contribution in [0.2, 0.25) is 0 Å². The van der Waals surface area contributed by atoms with Crippen molar-refractivity contribution < 1.29 is 4.74 Å². The van der Waals surface area contributed by atoms with Crippen LogP contribution in [-0.4, -0.2) is 6.61 Å². The van der Waals surface area contributed by atoms with Crippen LogP contribution < -0.4 is 4.90 Å². The highest BCUT2D eigenvalue weighted by Crippen LogP contribution is 2.48. The molecule has 2 aliphatic rings. The molecule has 2 nitrogen and oxygen atoms in total. The molecule has 64 heavy (non-hydrogen) atoms. The molecular formula is C62H57NO. The van der Waals surface area contributed by atoms with Crippen LogP contribution in [0.5, 0.6) is 0 Å². The van der Waals surface area contributed by atoms with Gasteiger partial charge in [-0.15, -0.1) is 0 Å². The molecule has 1 aliphatic carbocycles. The molecule has 0 fully saturated rings. The summed E-state index contributed by atoms with van der Waals surface area (Å²) >= 11 is 0. The third kappa shape index (κ3) is 8.91. The number of rotatable bonds is 8. The summed E-state index contributed by atoms with van der Waals surface area (Å²) in [5.74, 6) is 0.725. The van der Waals surface area contributed by atoms with Gasteiger partial charge >= 0.3 is 0 Å². The standard InChI is InChI=1S/C46H41NO.C16H16/c1-6-14-44-34(4)16-13-17-39(32-48-46(44)7-2)37-25-29-42(30-26-37)47(40-18-9-8-10-19-40)41-27-23-36(24-28-41)38-22-21-35(5)45(31-38)43-20-12-11-15-33(43)3;1-11-8-9-13-12-6-4-5-7-14(12)16(2,3)15(13)10-11/h6-31H,2,4,32H2,1,3,5H3;4-10H,1-3H3/b14-6-,16-13-,39-17+,46-44-;. The number of allylic oxidation sites excluding steroid dienone is 8. The summed E-state index contributed by atoms with van der Waals surface area (Å²) in [6.07, 6.45) is 11.9. The summed E-state index contributed by atoms with van der Waals surface area (Å²) in [5.41, 5.74) is 22.0. The lowest BCUT2D eigenvalue weighted by Gasteiger charge is -2.26. The van der Waals surface area contributed by atoms with Crippen molar-refractivity contribution in [3.05, 3.63) is 264 Å². The van der Waals surface area contributed by atoms with E-state index in [1.54, 1.807) is 6.08 Å². The first-order chi connectivity index (χ1) is 31.1. The van der Waals surface area contributed by atoms with Crippen LogP contribution in [0.15, 0.2) is 230 Å². The molecule has 0 spiro atoms. The van der Waals surface area contributed by atoms with E-state index in [9.17, 15) is 0 Å². The second-order valence-corrected chi connectivity index (χ2v) is 17.2. The third-order valence-electron chi connectivity index (χ3n) is 12.5. The van der Waals surface area contributed by atoms with Gasteiger partial charge in [-0.05, 0) is 149 Å². The van der Waals surface area contributed by atoms with Crippen LogP contribution in [0.1, 0.15) is 54.2 Å². The molecule has 1 heterocycles. The van der Waals surface area contributed by atoms with Gasteiger partial charge in [0.15, 0.2) is 0 Å². The summed E-state index contributed by atoms with van der Waals surface area (Å²) in [7, 11) is 0. The number of nitrogens with zero attached hydrogens (tertiary/aromatic N) is 1. The number of para-hydroxylation sites is 1. The van der Waals surface area contributed by atoms with Crippen LogP contribution in [0.25, 0.3) is 39.0 Å². The number of aryl methyl sites for hydroxylation is 3. The van der Waals surface area contributed by atoms with Crippen molar-refractivity contribution >= 4 is 22.6 Å². The van der Waals surface area contributed by atoms with Gasteiger partial charge in [-0.2, -0.15) is 0 Å². The zero-order valence-electron chi connectivity index (χ0n) is 38.0. The lowest BCUT2D eigenvalue weighted by atomic mass is 9.82. The molecule has 0 radical (unpaired) electrons. The normalized spacial score (nSPS) is 16.4. The Bertz CT molecular complexity index is 2950. The Labute approximate surface area is 381 Å². The summed E-state index contributed by atoms with van der Waals surface area (Å²) in [5, 5.41) is 0. The Morgan fingerprint density at radius 3 is 1.86 bits per heavy atom. The second kappa shape index (κ2) is 18.9. The summed E-state index contributed by atoms with van der Waals surface area (Å²) < 4.78 is 6.25. The van der Waals surface area contributed by atoms with Crippen molar-refractivity contribution in [3.63, 3.8) is 0 Å². The van der Waals surface area contributed by atoms with Crippen molar-refractivity contribution in [1.29, 1.82) is 0 Å². The molecule has 0 N–H and O–H groups in total. The van der Waals surface area contributed by atoms with Crippen molar-refractivity contribution in [1.82, 2.24) is 0 Å². The molecule has 2 heteroatoms. The fourth-order valence-electron chi connectivity index (χ4n) is 8.95. The summed E-state index contributed by atoms with van der Waals surface area (Å²) in [4.78, 5) is 2.29. The lowest BCUT2D eigenvalue weighted by Crippen LogP contribution is -2.14. The van der Waals surface area contributed by atoms with Crippen molar-refractivity contribution in [2.75, 3.05) is 11.5 Å². The molecular weight excluding hydrogens is 775 g/mol. The predicted octanol–water partition coefficient (Wildman–Crippen LogP) is 17.0. The number of fused-ring (bicyclic) bond motifs is 3. The molecule has 9 rings (SSSR count). The zero-order valence-corrected chi connectivity index (χ0v) is 38.0. The van der Waals surface area contributed by atoms with E-state index >= 15 is 0 Å². The van der Waals surface area contributed by atoms with Crippen LogP contribution in [0, 0.1) is 20.8 Å². The largest absolute Gasteiger partial charge is 0.488 e. The monoisotopic (exact) mass is 831 g/mol. The highest BCUT2D eigenvalue weighted by molar-refractivity contribution is 5.83. The van der Waals surface area contributed by atoms with E-state index in [-0.39, 0.29) is 5.41 Å². The van der Waals surface area contributed by atoms with Gasteiger partial charge in [-0.25, -0.2) is 0 Å². The van der Waals surface area contributed by atoms with Gasteiger partial charge in [0.2, 0.25) is 0 Å². The minimum Gasteiger partial charge on any atom is -0.488 e. The molecule has 0 bridgehead atoms. The molecule has 7 aromatic rings. The van der Waals surface area contributed by atoms with E-state index < -0.39 is 0 Å². The number of hydrogen-bond acceptors (Lipinski definition) is 2. The van der Waals surface area contributed by atoms with Gasteiger partial charge < -0.3 is 9.64 Å². The first kappa shape index (κ1) is 43.2. The minimum atomic E-state index is 0.151. The zero-order chi connectivity index (χ0) is 44.8. The molecule has 0 amide bonds. The third-order valence-corrected chi connectivity index (χ3v) is 12.5. The van der Waals surface area contributed by atoms with Crippen molar-refractivity contribution in [2.45, 2.75) is 47.0 Å². The van der Waals surface area contributed by atoms with Crippen molar-refractivity contribution in [2.24, 2.45) is 0 Å². The van der Waals surface area contributed by atoms with Crippen LogP contribution in [0.3, 0.4) is 0 Å². The van der Waals surface area contributed by atoms with Gasteiger partial charge in [-0.3, -0.25) is 0 Å². The topological polar surface area (TPSA) is 12.5 Å². The van der Waals surface area contributed by atoms with Gasteiger partial charge in [0, 0.05) is 28.1 Å². The molecule has 316 valence electrons. The molecule has 0 unspecified atom stereocenters. The Balaban J connectivity index is 0.000000291. The van der Waals surface area contributed by atoms with Crippen molar-refractivity contribution in [3.8, 4) is 33.4 Å². The minimum absolute atomic E-state index is 0.151. The molecule has 1 aliphatic heterocycles. The second-order valence-electron chi connectivity index (χ2n) is 17.2. The SMILES string of the molecule is C=C/C1=C(\C=C/C)C(=C)/C=C\C=C(\c2ccc(N(c3ccccc3)c3ccc(-c4ccc(C)c(-c5ccccc5C)c4)cc3)cc2)CO1.Cc1ccc2c(c1)C(C)(C)c1ccccc1-2. The van der Waals surface area contributed by atoms with E-state index in [0.717, 1.165) is 45.1 Å². The highest BCUT2D eigenvalue weighted by Gasteiger charge is 2.34. The molecule has 7 aromatic carbocycles. The number of benzene rings is 7. The fraction of sp³-hybridized carbons (Fsp3) is 0.129. The van der Waals surface area contributed by atoms with Gasteiger partial charge in [-0.1, -0.05) is 184 Å². The molecule has 0 atom stereocenters. The maximum absolute atomic E-state index is 6.25. The van der Waals surface area contributed by atoms with E-state index in [1.165, 1.54) is 61.2 Å². The molecule has 0 aromatic heterocycles. The first-order valence-corrected chi connectivity index (χ1v) is 22.2. The maximum Gasteiger partial charge on any atom is 0.127 e. The highest BCUT2D eigenvalue weighted by atomic mass is 16.5. The van der Waals surface area contributed by atoms with Crippen LogP contribution in [-0.2, 0) is 10.2 Å². The first-order valence-electron chi connectivity index (χ1n) is 22.2. The average molecular weight is 832 g/mol.